The van der Waals surface area contributed by atoms with Crippen LogP contribution in [0.1, 0.15) is 16.7 Å². The molecule has 0 saturated carbocycles. The Balaban J connectivity index is 0.000000279. The molecule has 7 rings (SSSR count). The molecule has 0 amide bonds. The summed E-state index contributed by atoms with van der Waals surface area (Å²) in [6, 6.07) is 26.3. The molecule has 0 aromatic heterocycles. The Bertz CT molecular complexity index is 2660. The van der Waals surface area contributed by atoms with Crippen LogP contribution in [0.5, 0.6) is 0 Å². The Kier molecular flexibility index (Phi) is 14.3. The van der Waals surface area contributed by atoms with Crippen LogP contribution in [0.15, 0.2) is 87.5 Å². The summed E-state index contributed by atoms with van der Waals surface area (Å²) in [6.45, 7) is 6.65. The van der Waals surface area contributed by atoms with Gasteiger partial charge in [-0.25, -0.2) is 0 Å². The Morgan fingerprint density at radius 3 is 0.687 bits per heavy atom. The molecule has 0 bridgehead atoms. The average Bonchev–Trinajstić information content (AvgIpc) is 3.30. The van der Waals surface area contributed by atoms with Crippen LogP contribution in [0.2, 0.25) is 0 Å². The molecular formula is C45H21F20GaS. The molecule has 22 heteroatoms. The predicted octanol–water partition coefficient (Wildman–Crippen LogP) is 11.6. The van der Waals surface area contributed by atoms with Gasteiger partial charge in [-0.15, -0.1) is 0 Å². The van der Waals surface area contributed by atoms with E-state index in [0.29, 0.717) is 0 Å². The van der Waals surface area contributed by atoms with Crippen molar-refractivity contribution in [2.75, 3.05) is 0 Å². The molecule has 0 fully saturated rings. The summed E-state index contributed by atoms with van der Waals surface area (Å²) in [6.07, 6.45) is 0. The van der Waals surface area contributed by atoms with E-state index < -0.39 is 148 Å². The number of hydrogen-bond donors (Lipinski definition) is 0. The van der Waals surface area contributed by atoms with Gasteiger partial charge in [0.1, 0.15) is 0 Å². The van der Waals surface area contributed by atoms with Gasteiger partial charge in [-0.05, 0) is 45.0 Å². The van der Waals surface area contributed by atoms with Crippen molar-refractivity contribution in [2.45, 2.75) is 35.5 Å². The van der Waals surface area contributed by atoms with Crippen LogP contribution in [0, 0.1) is 137 Å². The molecule has 0 N–H and O–H groups in total. The Hall–Kier alpha value is -5.87. The molecule has 0 unspecified atom stereocenters. The molecule has 0 heterocycles. The van der Waals surface area contributed by atoms with Gasteiger partial charge in [0.2, 0.25) is 0 Å². The fourth-order valence-corrected chi connectivity index (χ4v) is 22.4. The molecule has 350 valence electrons. The van der Waals surface area contributed by atoms with E-state index in [-0.39, 0.29) is 10.9 Å². The standard InChI is InChI=1S/C21H21S.4C6F5.Ga/c1-16-14-17(2)21(18(3)15-16)22(19-10-6-4-7-11-19)20-12-8-5-9-13-20;4*7-2-1-3(8)5(10)6(11)4(2)9;/h4-15H,1-3H3;;;;;/q+1;;;;;-1. The third-order valence-corrected chi connectivity index (χ3v) is 24.5. The van der Waals surface area contributed by atoms with Crippen molar-refractivity contribution in [2.24, 2.45) is 0 Å². The maximum atomic E-state index is 15.4. The van der Waals surface area contributed by atoms with E-state index >= 15 is 35.1 Å². The molecule has 0 aliphatic heterocycles. The van der Waals surface area contributed by atoms with E-state index in [1.807, 2.05) is 0 Å². The molecule has 0 nitrogen and oxygen atoms in total. The third-order valence-electron chi connectivity index (χ3n) is 10.5. The van der Waals surface area contributed by atoms with Crippen molar-refractivity contribution in [1.82, 2.24) is 0 Å². The molecule has 0 aliphatic carbocycles. The summed E-state index contributed by atoms with van der Waals surface area (Å²) in [5, 5.41) is 0. The Labute approximate surface area is 370 Å². The first-order valence-electron chi connectivity index (χ1n) is 18.5. The van der Waals surface area contributed by atoms with Gasteiger partial charge in [-0.3, -0.25) is 0 Å². The normalized spacial score (nSPS) is 11.6. The predicted molar refractivity (Wildman–Crippen MR) is 205 cm³/mol. The van der Waals surface area contributed by atoms with Gasteiger partial charge in [-0.2, -0.15) is 0 Å². The Morgan fingerprint density at radius 2 is 0.478 bits per heavy atom. The van der Waals surface area contributed by atoms with Crippen molar-refractivity contribution in [3.05, 3.63) is 206 Å². The third kappa shape index (κ3) is 8.12. The van der Waals surface area contributed by atoms with Gasteiger partial charge in [-0.1, -0.05) is 54.1 Å². The minimum absolute atomic E-state index is 0.0460. The van der Waals surface area contributed by atoms with E-state index in [2.05, 4.69) is 93.6 Å². The molecule has 0 saturated heterocycles. The van der Waals surface area contributed by atoms with Crippen LogP contribution in [-0.2, 0) is 10.9 Å². The SMILES string of the molecule is Cc1cc(C)c([S+](c2ccccc2)c2ccccc2)c(C)c1.Fc1c(F)c(F)[c]([Ga-]([c]2c(F)c(F)c(F)c(F)c2F)([c]2c(F)c(F)c(F)c(F)c2F)[c]2c(F)c(F)c(F)c(F)c2F)c(F)c1F. The van der Waals surface area contributed by atoms with E-state index in [4.69, 9.17) is 0 Å². The summed E-state index contributed by atoms with van der Waals surface area (Å²) < 4.78 is 281. The zero-order chi connectivity index (χ0) is 49.9. The minimum atomic E-state index is -9.74. The van der Waals surface area contributed by atoms with E-state index in [0.717, 1.165) is 0 Å². The van der Waals surface area contributed by atoms with Gasteiger partial charge < -0.3 is 0 Å². The van der Waals surface area contributed by atoms with E-state index in [1.165, 1.54) is 31.4 Å². The first-order chi connectivity index (χ1) is 31.4. The molecule has 0 aliphatic rings. The molecular weight excluding hydrogens is 1020 g/mol. The monoisotopic (exact) mass is 1040 g/mol. The number of aryl methyl sites for hydroxylation is 3. The van der Waals surface area contributed by atoms with Crippen molar-refractivity contribution < 1.29 is 87.8 Å². The molecule has 0 spiro atoms. The fourth-order valence-electron chi connectivity index (χ4n) is 7.85. The molecule has 7 aromatic carbocycles. The zero-order valence-electron chi connectivity index (χ0n) is 33.5. The topological polar surface area (TPSA) is 0 Å². The number of halogens is 20. The molecule has 7 aromatic rings. The van der Waals surface area contributed by atoms with Crippen molar-refractivity contribution in [3.8, 4) is 0 Å². The zero-order valence-corrected chi connectivity index (χ0v) is 36.7. The summed E-state index contributed by atoms with van der Waals surface area (Å²) in [7, 11) is -0.0460. The van der Waals surface area contributed by atoms with Gasteiger partial charge >= 0.3 is 236 Å². The molecule has 0 radical (unpaired) electrons. The molecule has 0 atom stereocenters. The second-order valence-corrected chi connectivity index (χ2v) is 24.9. The number of benzene rings is 7. The van der Waals surface area contributed by atoms with E-state index in [1.54, 1.807) is 0 Å². The van der Waals surface area contributed by atoms with Crippen molar-refractivity contribution in [1.29, 1.82) is 0 Å². The second-order valence-electron chi connectivity index (χ2n) is 14.5. The van der Waals surface area contributed by atoms with Gasteiger partial charge in [0, 0.05) is 11.1 Å². The quantitative estimate of drug-likeness (QED) is 0.0491. The van der Waals surface area contributed by atoms with Crippen molar-refractivity contribution >= 4 is 42.4 Å². The summed E-state index contributed by atoms with van der Waals surface area (Å²) >= 11 is -9.74. The van der Waals surface area contributed by atoms with Crippen LogP contribution >= 0.6 is 0 Å². The van der Waals surface area contributed by atoms with Crippen LogP contribution in [0.3, 0.4) is 0 Å². The Morgan fingerprint density at radius 1 is 0.284 bits per heavy atom. The summed E-state index contributed by atoms with van der Waals surface area (Å²) in [4.78, 5) is 4.22. The average molecular weight is 1040 g/mol. The van der Waals surface area contributed by atoms with Crippen molar-refractivity contribution in [3.63, 3.8) is 0 Å². The first kappa shape index (κ1) is 50.5. The van der Waals surface area contributed by atoms with Gasteiger partial charge in [0.05, 0.1) is 10.9 Å². The summed E-state index contributed by atoms with van der Waals surface area (Å²) in [5.41, 5.74) is 4.10. The van der Waals surface area contributed by atoms with Crippen LogP contribution in [0.25, 0.3) is 0 Å². The molecule has 67 heavy (non-hydrogen) atoms. The number of rotatable bonds is 7. The van der Waals surface area contributed by atoms with E-state index in [9.17, 15) is 52.7 Å². The number of hydrogen-bond acceptors (Lipinski definition) is 0. The van der Waals surface area contributed by atoms with Gasteiger partial charge in [0.15, 0.2) is 14.7 Å². The van der Waals surface area contributed by atoms with Crippen LogP contribution in [0.4, 0.5) is 87.8 Å². The van der Waals surface area contributed by atoms with Crippen LogP contribution in [-0.4, -0.2) is 15.0 Å². The van der Waals surface area contributed by atoms with Gasteiger partial charge in [0.25, 0.3) is 0 Å². The van der Waals surface area contributed by atoms with Crippen LogP contribution < -0.4 is 16.5 Å². The second kappa shape index (κ2) is 19.0. The first-order valence-corrected chi connectivity index (χ1v) is 24.6. The maximum absolute atomic E-state index is 15.4. The summed E-state index contributed by atoms with van der Waals surface area (Å²) in [5.74, 6) is -70.5. The fraction of sp³-hybridized carbons (Fsp3) is 0.0667.